The molecule has 1 aliphatic heterocycles. The second-order valence-corrected chi connectivity index (χ2v) is 3.65. The lowest BCUT2D eigenvalue weighted by atomic mass is 10.2. The maximum atomic E-state index is 4.52. The first kappa shape index (κ1) is 8.60. The Kier molecular flexibility index (Phi) is 2.25. The Balaban J connectivity index is 2.36. The molecule has 0 aliphatic carbocycles. The second-order valence-electron chi connectivity index (χ2n) is 3.65. The van der Waals surface area contributed by atoms with Crippen molar-refractivity contribution >= 4 is 5.95 Å². The zero-order valence-corrected chi connectivity index (χ0v) is 8.43. The fraction of sp³-hybridized carbons (Fsp3) is 0.700. The molecule has 0 amide bonds. The van der Waals surface area contributed by atoms with Crippen LogP contribution in [0.1, 0.15) is 31.2 Å². The van der Waals surface area contributed by atoms with Crippen LogP contribution >= 0.6 is 0 Å². The van der Waals surface area contributed by atoms with Crippen LogP contribution in [0.3, 0.4) is 0 Å². The van der Waals surface area contributed by atoms with Gasteiger partial charge in [0.15, 0.2) is 0 Å². The molecule has 0 radical (unpaired) electrons. The summed E-state index contributed by atoms with van der Waals surface area (Å²) < 4.78 is 2.34. The van der Waals surface area contributed by atoms with Crippen molar-refractivity contribution in [1.82, 2.24) is 9.55 Å². The lowest BCUT2D eigenvalue weighted by Crippen LogP contribution is -2.18. The Morgan fingerprint density at radius 2 is 2.38 bits per heavy atom. The van der Waals surface area contributed by atoms with E-state index < -0.39 is 0 Å². The van der Waals surface area contributed by atoms with Gasteiger partial charge in [0, 0.05) is 18.8 Å². The summed E-state index contributed by atoms with van der Waals surface area (Å²) in [5, 5.41) is 3.33. The Hall–Kier alpha value is -0.990. The number of hydrogen-bond donors (Lipinski definition) is 1. The van der Waals surface area contributed by atoms with Crippen molar-refractivity contribution in [1.29, 1.82) is 0 Å². The van der Waals surface area contributed by atoms with Gasteiger partial charge in [-0.1, -0.05) is 13.3 Å². The number of fused-ring (bicyclic) bond motifs is 1. The summed E-state index contributed by atoms with van der Waals surface area (Å²) >= 11 is 0. The van der Waals surface area contributed by atoms with Gasteiger partial charge in [-0.05, 0) is 19.8 Å². The molecule has 0 saturated carbocycles. The average molecular weight is 179 g/mol. The molecule has 0 spiro atoms. The van der Waals surface area contributed by atoms with E-state index in [2.05, 4.69) is 28.7 Å². The van der Waals surface area contributed by atoms with E-state index in [1.165, 1.54) is 24.2 Å². The molecule has 3 heteroatoms. The molecule has 0 fully saturated rings. The molecule has 1 aromatic heterocycles. The number of hydrogen-bond acceptors (Lipinski definition) is 2. The van der Waals surface area contributed by atoms with Crippen LogP contribution in [-0.4, -0.2) is 16.1 Å². The van der Waals surface area contributed by atoms with Gasteiger partial charge < -0.3 is 9.88 Å². The molecule has 13 heavy (non-hydrogen) atoms. The smallest absolute Gasteiger partial charge is 0.203 e. The highest BCUT2D eigenvalue weighted by molar-refractivity contribution is 5.35. The largest absolute Gasteiger partial charge is 0.356 e. The Morgan fingerprint density at radius 3 is 3.15 bits per heavy atom. The molecular weight excluding hydrogens is 162 g/mol. The number of aromatic nitrogens is 2. The molecule has 0 aromatic carbocycles. The molecule has 1 aromatic rings. The number of rotatable bonds is 2. The Bertz CT molecular complexity index is 301. The quantitative estimate of drug-likeness (QED) is 0.752. The minimum atomic E-state index is 1.07. The molecule has 0 atom stereocenters. The summed E-state index contributed by atoms with van der Waals surface area (Å²) in [7, 11) is 0. The zero-order chi connectivity index (χ0) is 9.26. The van der Waals surface area contributed by atoms with Crippen molar-refractivity contribution in [3.63, 3.8) is 0 Å². The summed E-state index contributed by atoms with van der Waals surface area (Å²) in [6, 6.07) is 0. The summed E-state index contributed by atoms with van der Waals surface area (Å²) in [5.74, 6) is 1.08. The molecule has 1 N–H and O–H groups in total. The standard InChI is InChI=1S/C10H17N3/c1-3-5-9-8(2)12-10-11-6-4-7-13(9)10/h3-7H2,1-2H3,(H,11,12). The molecule has 0 unspecified atom stereocenters. The van der Waals surface area contributed by atoms with E-state index in [1.54, 1.807) is 0 Å². The SMILES string of the molecule is CCCc1c(C)nc2n1CCCN2. The highest BCUT2D eigenvalue weighted by Gasteiger charge is 2.15. The van der Waals surface area contributed by atoms with Crippen LogP contribution in [0.2, 0.25) is 0 Å². The van der Waals surface area contributed by atoms with E-state index in [1.807, 2.05) is 0 Å². The lowest BCUT2D eigenvalue weighted by molar-refractivity contribution is 0.599. The van der Waals surface area contributed by atoms with Gasteiger partial charge in [-0.25, -0.2) is 4.98 Å². The minimum Gasteiger partial charge on any atom is -0.356 e. The third kappa shape index (κ3) is 1.43. The monoisotopic (exact) mass is 179 g/mol. The fourth-order valence-electron chi connectivity index (χ4n) is 1.97. The van der Waals surface area contributed by atoms with E-state index in [9.17, 15) is 0 Å². The minimum absolute atomic E-state index is 1.07. The first-order valence-electron chi connectivity index (χ1n) is 5.12. The highest BCUT2D eigenvalue weighted by Crippen LogP contribution is 2.20. The van der Waals surface area contributed by atoms with Gasteiger partial charge in [0.1, 0.15) is 0 Å². The lowest BCUT2D eigenvalue weighted by Gasteiger charge is -2.17. The number of aryl methyl sites for hydroxylation is 1. The third-order valence-electron chi connectivity index (χ3n) is 2.60. The van der Waals surface area contributed by atoms with Crippen LogP contribution in [-0.2, 0) is 13.0 Å². The number of nitrogens with zero attached hydrogens (tertiary/aromatic N) is 2. The normalized spacial score (nSPS) is 15.2. The molecular formula is C10H17N3. The van der Waals surface area contributed by atoms with Gasteiger partial charge in [-0.3, -0.25) is 0 Å². The van der Waals surface area contributed by atoms with Gasteiger partial charge in [-0.15, -0.1) is 0 Å². The number of anilines is 1. The van der Waals surface area contributed by atoms with E-state index in [0.29, 0.717) is 0 Å². The molecule has 2 heterocycles. The first-order chi connectivity index (χ1) is 6.33. The number of imidazole rings is 1. The van der Waals surface area contributed by atoms with Gasteiger partial charge >= 0.3 is 0 Å². The van der Waals surface area contributed by atoms with Crippen molar-refractivity contribution in [2.45, 2.75) is 39.7 Å². The van der Waals surface area contributed by atoms with Gasteiger partial charge in [0.05, 0.1) is 5.69 Å². The van der Waals surface area contributed by atoms with Crippen molar-refractivity contribution in [3.05, 3.63) is 11.4 Å². The third-order valence-corrected chi connectivity index (χ3v) is 2.60. The van der Waals surface area contributed by atoms with E-state index in [0.717, 1.165) is 25.5 Å². The van der Waals surface area contributed by atoms with Gasteiger partial charge in [-0.2, -0.15) is 0 Å². The molecule has 72 valence electrons. The van der Waals surface area contributed by atoms with Crippen LogP contribution in [0.4, 0.5) is 5.95 Å². The van der Waals surface area contributed by atoms with Crippen molar-refractivity contribution < 1.29 is 0 Å². The summed E-state index contributed by atoms with van der Waals surface area (Å²) in [6.45, 7) is 6.54. The van der Waals surface area contributed by atoms with Crippen molar-refractivity contribution in [2.24, 2.45) is 0 Å². The van der Waals surface area contributed by atoms with Crippen LogP contribution in [0.25, 0.3) is 0 Å². The highest BCUT2D eigenvalue weighted by atomic mass is 15.2. The van der Waals surface area contributed by atoms with E-state index in [-0.39, 0.29) is 0 Å². The summed E-state index contributed by atoms with van der Waals surface area (Å²) in [6.07, 6.45) is 3.58. The average Bonchev–Trinajstić information content (AvgIpc) is 2.44. The summed E-state index contributed by atoms with van der Waals surface area (Å²) in [5.41, 5.74) is 2.62. The maximum Gasteiger partial charge on any atom is 0.203 e. The maximum absolute atomic E-state index is 4.52. The van der Waals surface area contributed by atoms with Crippen LogP contribution < -0.4 is 5.32 Å². The first-order valence-corrected chi connectivity index (χ1v) is 5.12. The van der Waals surface area contributed by atoms with Gasteiger partial charge in [0.2, 0.25) is 5.95 Å². The predicted molar refractivity (Wildman–Crippen MR) is 54.1 cm³/mol. The van der Waals surface area contributed by atoms with Crippen molar-refractivity contribution in [3.8, 4) is 0 Å². The Labute approximate surface area is 79.2 Å². The molecule has 2 rings (SSSR count). The zero-order valence-electron chi connectivity index (χ0n) is 8.43. The van der Waals surface area contributed by atoms with E-state index in [4.69, 9.17) is 0 Å². The molecule has 0 saturated heterocycles. The second kappa shape index (κ2) is 3.40. The molecule has 3 nitrogen and oxygen atoms in total. The van der Waals surface area contributed by atoms with Crippen LogP contribution in [0.5, 0.6) is 0 Å². The topological polar surface area (TPSA) is 29.9 Å². The fourth-order valence-corrected chi connectivity index (χ4v) is 1.97. The van der Waals surface area contributed by atoms with Gasteiger partial charge in [0.25, 0.3) is 0 Å². The van der Waals surface area contributed by atoms with E-state index >= 15 is 0 Å². The molecule has 1 aliphatic rings. The van der Waals surface area contributed by atoms with Crippen LogP contribution in [0.15, 0.2) is 0 Å². The van der Waals surface area contributed by atoms with Crippen LogP contribution in [0, 0.1) is 6.92 Å². The Morgan fingerprint density at radius 1 is 1.54 bits per heavy atom. The van der Waals surface area contributed by atoms with Crippen molar-refractivity contribution in [2.75, 3.05) is 11.9 Å². The predicted octanol–water partition coefficient (Wildman–Crippen LogP) is 1.96. The number of nitrogens with one attached hydrogen (secondary N) is 1. The summed E-state index contributed by atoms with van der Waals surface area (Å²) in [4.78, 5) is 4.52. The molecule has 0 bridgehead atoms.